The molecule has 1 heterocycles. The predicted molar refractivity (Wildman–Crippen MR) is 94.4 cm³/mol. The van der Waals surface area contributed by atoms with Crippen molar-refractivity contribution in [1.29, 1.82) is 0 Å². The number of carbonyl (C=O) groups is 2. The Balaban J connectivity index is 1.82. The maximum Gasteiger partial charge on any atom is 0.237 e. The van der Waals surface area contributed by atoms with Gasteiger partial charge in [0.15, 0.2) is 0 Å². The smallest absolute Gasteiger partial charge is 0.237 e. The van der Waals surface area contributed by atoms with Crippen LogP contribution < -0.4 is 4.90 Å². The Morgan fingerprint density at radius 2 is 1.65 bits per heavy atom. The number of nitrogens with zero attached hydrogens (tertiary/aromatic N) is 1. The summed E-state index contributed by atoms with van der Waals surface area (Å²) in [5, 5.41) is 0. The first kappa shape index (κ1) is 15.9. The van der Waals surface area contributed by atoms with E-state index in [4.69, 9.17) is 0 Å². The van der Waals surface area contributed by atoms with Crippen LogP contribution >= 0.6 is 15.9 Å². The molecule has 118 valence electrons. The summed E-state index contributed by atoms with van der Waals surface area (Å²) in [7, 11) is 0. The van der Waals surface area contributed by atoms with Crippen molar-refractivity contribution in [2.75, 3.05) is 4.90 Å². The number of amides is 2. The number of carbonyl (C=O) groups excluding carboxylic acids is 2. The molecule has 0 radical (unpaired) electrons. The molecule has 2 aromatic rings. The van der Waals surface area contributed by atoms with Gasteiger partial charge in [-0.3, -0.25) is 14.5 Å². The van der Waals surface area contributed by atoms with Gasteiger partial charge in [0.05, 0.1) is 11.6 Å². The molecule has 0 saturated carbocycles. The Kier molecular flexibility index (Phi) is 4.35. The van der Waals surface area contributed by atoms with Crippen molar-refractivity contribution in [3.8, 4) is 0 Å². The van der Waals surface area contributed by atoms with Crippen LogP contribution in [0.2, 0.25) is 0 Å². The molecule has 3 nitrogen and oxygen atoms in total. The number of aryl methyl sites for hydroxylation is 2. The second kappa shape index (κ2) is 6.28. The van der Waals surface area contributed by atoms with E-state index in [9.17, 15) is 9.59 Å². The second-order valence-corrected chi connectivity index (χ2v) is 7.06. The van der Waals surface area contributed by atoms with E-state index < -0.39 is 0 Å². The van der Waals surface area contributed by atoms with Crippen molar-refractivity contribution in [2.45, 2.75) is 26.7 Å². The summed E-state index contributed by atoms with van der Waals surface area (Å²) in [6.45, 7) is 4.10. The van der Waals surface area contributed by atoms with E-state index in [1.54, 1.807) is 12.1 Å². The van der Waals surface area contributed by atoms with Crippen LogP contribution in [0.4, 0.5) is 5.69 Å². The third-order valence-corrected chi connectivity index (χ3v) is 4.62. The highest BCUT2D eigenvalue weighted by molar-refractivity contribution is 9.10. The summed E-state index contributed by atoms with van der Waals surface area (Å²) in [4.78, 5) is 26.3. The van der Waals surface area contributed by atoms with Gasteiger partial charge in [0.1, 0.15) is 0 Å². The minimum atomic E-state index is -0.271. The van der Waals surface area contributed by atoms with E-state index in [0.29, 0.717) is 12.1 Å². The van der Waals surface area contributed by atoms with Crippen LogP contribution in [0.15, 0.2) is 46.9 Å². The minimum absolute atomic E-state index is 0.100. The van der Waals surface area contributed by atoms with Crippen LogP contribution in [0.1, 0.15) is 23.1 Å². The Labute approximate surface area is 144 Å². The number of imide groups is 1. The van der Waals surface area contributed by atoms with Crippen molar-refractivity contribution >= 4 is 33.4 Å². The zero-order valence-corrected chi connectivity index (χ0v) is 14.8. The van der Waals surface area contributed by atoms with Crippen LogP contribution in [0.3, 0.4) is 0 Å². The van der Waals surface area contributed by atoms with Crippen molar-refractivity contribution < 1.29 is 9.59 Å². The molecule has 2 aromatic carbocycles. The third kappa shape index (κ3) is 3.37. The molecule has 2 amide bonds. The lowest BCUT2D eigenvalue weighted by Gasteiger charge is -2.15. The Morgan fingerprint density at radius 1 is 1.04 bits per heavy atom. The lowest BCUT2D eigenvalue weighted by Crippen LogP contribution is -2.30. The monoisotopic (exact) mass is 371 g/mol. The number of benzene rings is 2. The highest BCUT2D eigenvalue weighted by Gasteiger charge is 2.39. The summed E-state index contributed by atoms with van der Waals surface area (Å²) in [5.41, 5.74) is 4.13. The Morgan fingerprint density at radius 3 is 2.26 bits per heavy atom. The van der Waals surface area contributed by atoms with Crippen LogP contribution in [0.25, 0.3) is 0 Å². The molecule has 1 fully saturated rings. The number of hydrogen-bond donors (Lipinski definition) is 0. The molecule has 1 atom stereocenters. The molecule has 3 rings (SSSR count). The third-order valence-electron chi connectivity index (χ3n) is 4.09. The van der Waals surface area contributed by atoms with E-state index in [1.807, 2.05) is 26.0 Å². The van der Waals surface area contributed by atoms with E-state index in [-0.39, 0.29) is 24.2 Å². The van der Waals surface area contributed by atoms with Gasteiger partial charge in [-0.25, -0.2) is 0 Å². The van der Waals surface area contributed by atoms with E-state index in [2.05, 4.69) is 34.1 Å². The van der Waals surface area contributed by atoms with Crippen LogP contribution in [0, 0.1) is 19.8 Å². The fourth-order valence-corrected chi connectivity index (χ4v) is 3.45. The fraction of sp³-hybridized carbons (Fsp3) is 0.263. The fourth-order valence-electron chi connectivity index (χ4n) is 3.19. The summed E-state index contributed by atoms with van der Waals surface area (Å²) in [5.74, 6) is -0.490. The lowest BCUT2D eigenvalue weighted by atomic mass is 9.95. The molecule has 1 saturated heterocycles. The molecule has 1 aliphatic rings. The van der Waals surface area contributed by atoms with Crippen molar-refractivity contribution in [3.05, 3.63) is 63.6 Å². The summed E-state index contributed by atoms with van der Waals surface area (Å²) < 4.78 is 0.923. The zero-order valence-electron chi connectivity index (χ0n) is 13.2. The lowest BCUT2D eigenvalue weighted by molar-refractivity contribution is -0.122. The average molecular weight is 372 g/mol. The second-order valence-electron chi connectivity index (χ2n) is 6.14. The molecular formula is C19H18BrNO2. The average Bonchev–Trinajstić information content (AvgIpc) is 2.74. The van der Waals surface area contributed by atoms with E-state index in [1.165, 1.54) is 16.0 Å². The molecule has 4 heteroatoms. The van der Waals surface area contributed by atoms with Gasteiger partial charge in [-0.05, 0) is 50.1 Å². The number of hydrogen-bond acceptors (Lipinski definition) is 2. The Bertz CT molecular complexity index is 747. The number of anilines is 1. The van der Waals surface area contributed by atoms with Gasteiger partial charge in [-0.15, -0.1) is 0 Å². The normalized spacial score (nSPS) is 17.9. The van der Waals surface area contributed by atoms with Gasteiger partial charge in [0.25, 0.3) is 0 Å². The number of halogens is 1. The highest BCUT2D eigenvalue weighted by Crippen LogP contribution is 2.29. The Hall–Kier alpha value is -1.94. The van der Waals surface area contributed by atoms with Gasteiger partial charge < -0.3 is 0 Å². The van der Waals surface area contributed by atoms with Gasteiger partial charge in [0, 0.05) is 10.9 Å². The van der Waals surface area contributed by atoms with Crippen molar-refractivity contribution in [3.63, 3.8) is 0 Å². The molecule has 0 aliphatic carbocycles. The molecule has 0 unspecified atom stereocenters. The van der Waals surface area contributed by atoms with Gasteiger partial charge in [0.2, 0.25) is 11.8 Å². The van der Waals surface area contributed by atoms with E-state index >= 15 is 0 Å². The maximum atomic E-state index is 12.7. The molecule has 0 N–H and O–H groups in total. The van der Waals surface area contributed by atoms with Crippen LogP contribution in [-0.4, -0.2) is 11.8 Å². The minimum Gasteiger partial charge on any atom is -0.274 e. The van der Waals surface area contributed by atoms with Gasteiger partial charge in [-0.2, -0.15) is 0 Å². The molecular weight excluding hydrogens is 354 g/mol. The first-order valence-corrected chi connectivity index (χ1v) is 8.43. The van der Waals surface area contributed by atoms with Crippen LogP contribution in [-0.2, 0) is 16.0 Å². The summed E-state index contributed by atoms with van der Waals surface area (Å²) >= 11 is 3.37. The van der Waals surface area contributed by atoms with E-state index in [0.717, 1.165) is 10.0 Å². The summed E-state index contributed by atoms with van der Waals surface area (Å²) in [6.07, 6.45) is 0.891. The first-order valence-electron chi connectivity index (χ1n) is 7.63. The molecule has 1 aliphatic heterocycles. The molecule has 23 heavy (non-hydrogen) atoms. The molecule has 0 spiro atoms. The number of rotatable bonds is 3. The zero-order chi connectivity index (χ0) is 16.6. The molecule has 0 aromatic heterocycles. The largest absolute Gasteiger partial charge is 0.274 e. The van der Waals surface area contributed by atoms with Gasteiger partial charge in [-0.1, -0.05) is 45.3 Å². The predicted octanol–water partition coefficient (Wildman–Crippen LogP) is 4.19. The van der Waals surface area contributed by atoms with Crippen LogP contribution in [0.5, 0.6) is 0 Å². The summed E-state index contributed by atoms with van der Waals surface area (Å²) in [6, 6.07) is 13.6. The topological polar surface area (TPSA) is 37.4 Å². The van der Waals surface area contributed by atoms with Gasteiger partial charge >= 0.3 is 0 Å². The molecule has 0 bridgehead atoms. The quantitative estimate of drug-likeness (QED) is 0.758. The highest BCUT2D eigenvalue weighted by atomic mass is 79.9. The maximum absolute atomic E-state index is 12.7. The van der Waals surface area contributed by atoms with Crippen molar-refractivity contribution in [2.24, 2.45) is 5.92 Å². The standard InChI is InChI=1S/C19H18BrNO2/c1-12-7-13(2)9-14(8-12)10-15-11-18(22)21(19(15)23)17-5-3-16(20)4-6-17/h3-9,15H,10-11H2,1-2H3/t15-/m1/s1. The SMILES string of the molecule is Cc1cc(C)cc(C[C@@H]2CC(=O)N(c3ccc(Br)cc3)C2=O)c1. The van der Waals surface area contributed by atoms with Crippen molar-refractivity contribution in [1.82, 2.24) is 0 Å². The first-order chi connectivity index (χ1) is 10.9.